The first-order valence-electron chi connectivity index (χ1n) is 4.03. The van der Waals surface area contributed by atoms with Crippen molar-refractivity contribution in [1.29, 1.82) is 0 Å². The summed E-state index contributed by atoms with van der Waals surface area (Å²) in [6, 6.07) is 0. The summed E-state index contributed by atoms with van der Waals surface area (Å²) in [4.78, 5) is 0. The van der Waals surface area contributed by atoms with E-state index in [-0.39, 0.29) is 0 Å². The topological polar surface area (TPSA) is 0 Å². The highest BCUT2D eigenvalue weighted by Gasteiger charge is 2.40. The van der Waals surface area contributed by atoms with Gasteiger partial charge < -0.3 is 0 Å². The van der Waals surface area contributed by atoms with E-state index in [1.54, 1.807) is 11.1 Å². The minimum absolute atomic E-state index is 0.494. The van der Waals surface area contributed by atoms with E-state index in [1.165, 1.54) is 18.4 Å². The minimum atomic E-state index is 0.494. The molecule has 0 heterocycles. The van der Waals surface area contributed by atoms with E-state index >= 15 is 0 Å². The van der Waals surface area contributed by atoms with Gasteiger partial charge in [-0.05, 0) is 32.3 Å². The lowest BCUT2D eigenvalue weighted by Gasteiger charge is -2.37. The van der Waals surface area contributed by atoms with Gasteiger partial charge in [-0.2, -0.15) is 0 Å². The van der Waals surface area contributed by atoms with Crippen molar-refractivity contribution in [2.45, 2.75) is 33.6 Å². The molecule has 0 spiro atoms. The fraction of sp³-hybridized carbons (Fsp3) is 0.600. The van der Waals surface area contributed by atoms with Crippen molar-refractivity contribution < 1.29 is 0 Å². The first kappa shape index (κ1) is 6.21. The molecule has 1 atom stereocenters. The Balaban J connectivity index is 2.50. The van der Waals surface area contributed by atoms with Crippen molar-refractivity contribution in [3.8, 4) is 0 Å². The average Bonchev–Trinajstić information content (AvgIpc) is 1.95. The van der Waals surface area contributed by atoms with Gasteiger partial charge in [-0.25, -0.2) is 0 Å². The summed E-state index contributed by atoms with van der Waals surface area (Å²) >= 11 is 0. The van der Waals surface area contributed by atoms with E-state index < -0.39 is 0 Å². The van der Waals surface area contributed by atoms with E-state index in [9.17, 15) is 0 Å². The van der Waals surface area contributed by atoms with Gasteiger partial charge >= 0.3 is 0 Å². The molecule has 0 aromatic heterocycles. The lowest BCUT2D eigenvalue weighted by molar-refractivity contribution is 0.361. The van der Waals surface area contributed by atoms with Crippen molar-refractivity contribution in [3.05, 3.63) is 22.8 Å². The van der Waals surface area contributed by atoms with Crippen LogP contribution < -0.4 is 0 Å². The predicted molar refractivity (Wildman–Crippen MR) is 43.8 cm³/mol. The smallest absolute Gasteiger partial charge is 0.00771 e. The van der Waals surface area contributed by atoms with Crippen LogP contribution >= 0.6 is 0 Å². The molecule has 0 aromatic carbocycles. The Bertz CT molecular complexity index is 243. The maximum absolute atomic E-state index is 2.43. The molecule has 0 saturated heterocycles. The van der Waals surface area contributed by atoms with Crippen molar-refractivity contribution in [1.82, 2.24) is 0 Å². The van der Waals surface area contributed by atoms with Crippen LogP contribution in [0.5, 0.6) is 0 Å². The van der Waals surface area contributed by atoms with Crippen LogP contribution in [0, 0.1) is 5.41 Å². The summed E-state index contributed by atoms with van der Waals surface area (Å²) in [5, 5.41) is 0. The SMILES string of the molecule is CC1=CC2(C)CCC2=C1C. The van der Waals surface area contributed by atoms with Gasteiger partial charge in [0.1, 0.15) is 0 Å². The maximum atomic E-state index is 2.43. The van der Waals surface area contributed by atoms with E-state index in [4.69, 9.17) is 0 Å². The van der Waals surface area contributed by atoms with Crippen LogP contribution in [0.4, 0.5) is 0 Å². The molecule has 54 valence electrons. The van der Waals surface area contributed by atoms with Gasteiger partial charge in [0.25, 0.3) is 0 Å². The Hall–Kier alpha value is -0.520. The molecule has 2 aliphatic carbocycles. The van der Waals surface area contributed by atoms with Crippen LogP contribution in [0.25, 0.3) is 0 Å². The summed E-state index contributed by atoms with van der Waals surface area (Å²) in [6.45, 7) is 6.84. The highest BCUT2D eigenvalue weighted by atomic mass is 14.4. The second-order valence-corrected chi connectivity index (χ2v) is 3.85. The number of hydrogen-bond donors (Lipinski definition) is 0. The van der Waals surface area contributed by atoms with Crippen LogP contribution in [0.15, 0.2) is 22.8 Å². The van der Waals surface area contributed by atoms with E-state index in [2.05, 4.69) is 26.8 Å². The number of allylic oxidation sites excluding steroid dienone is 4. The first-order chi connectivity index (χ1) is 4.63. The summed E-state index contributed by atoms with van der Waals surface area (Å²) < 4.78 is 0. The van der Waals surface area contributed by atoms with Gasteiger partial charge in [-0.15, -0.1) is 0 Å². The molecule has 10 heavy (non-hydrogen) atoms. The molecule has 0 bridgehead atoms. The third-order valence-electron chi connectivity index (χ3n) is 3.16. The lowest BCUT2D eigenvalue weighted by Crippen LogP contribution is -2.24. The highest BCUT2D eigenvalue weighted by molar-refractivity contribution is 5.49. The average molecular weight is 134 g/mol. The molecular formula is C10H14. The Morgan fingerprint density at radius 1 is 1.40 bits per heavy atom. The molecule has 0 nitrogen and oxygen atoms in total. The normalized spacial score (nSPS) is 37.3. The van der Waals surface area contributed by atoms with Gasteiger partial charge in [0.2, 0.25) is 0 Å². The molecular weight excluding hydrogens is 120 g/mol. The Morgan fingerprint density at radius 3 is 2.30 bits per heavy atom. The monoisotopic (exact) mass is 134 g/mol. The molecule has 0 amide bonds. The third-order valence-corrected chi connectivity index (χ3v) is 3.16. The number of fused-ring (bicyclic) bond motifs is 1. The van der Waals surface area contributed by atoms with Crippen LogP contribution in [-0.2, 0) is 0 Å². The fourth-order valence-electron chi connectivity index (χ4n) is 2.24. The maximum Gasteiger partial charge on any atom is 0.00771 e. The van der Waals surface area contributed by atoms with E-state index in [1.807, 2.05) is 0 Å². The number of rotatable bonds is 0. The van der Waals surface area contributed by atoms with E-state index in [0.717, 1.165) is 0 Å². The largest absolute Gasteiger partial charge is 0.0713 e. The quantitative estimate of drug-likeness (QED) is 0.477. The predicted octanol–water partition coefficient (Wildman–Crippen LogP) is 3.06. The van der Waals surface area contributed by atoms with Crippen molar-refractivity contribution >= 4 is 0 Å². The first-order valence-corrected chi connectivity index (χ1v) is 4.03. The van der Waals surface area contributed by atoms with Gasteiger partial charge in [0.05, 0.1) is 0 Å². The van der Waals surface area contributed by atoms with Gasteiger partial charge in [0.15, 0.2) is 0 Å². The molecule has 0 aromatic rings. The lowest BCUT2D eigenvalue weighted by atomic mass is 9.67. The highest BCUT2D eigenvalue weighted by Crippen LogP contribution is 2.54. The molecule has 2 rings (SSSR count). The second-order valence-electron chi connectivity index (χ2n) is 3.85. The van der Waals surface area contributed by atoms with Gasteiger partial charge in [0, 0.05) is 5.41 Å². The summed E-state index contributed by atoms with van der Waals surface area (Å²) in [5.74, 6) is 0. The molecule has 1 unspecified atom stereocenters. The minimum Gasteiger partial charge on any atom is -0.0713 e. The zero-order valence-corrected chi connectivity index (χ0v) is 6.99. The molecule has 0 heteroatoms. The second kappa shape index (κ2) is 1.55. The Morgan fingerprint density at radius 2 is 2.10 bits per heavy atom. The van der Waals surface area contributed by atoms with Crippen LogP contribution in [-0.4, -0.2) is 0 Å². The summed E-state index contributed by atoms with van der Waals surface area (Å²) in [5.41, 5.74) is 5.27. The summed E-state index contributed by atoms with van der Waals surface area (Å²) in [6.07, 6.45) is 5.15. The fourth-order valence-corrected chi connectivity index (χ4v) is 2.24. The van der Waals surface area contributed by atoms with E-state index in [0.29, 0.717) is 5.41 Å². The van der Waals surface area contributed by atoms with Gasteiger partial charge in [-0.3, -0.25) is 0 Å². The zero-order chi connectivity index (χ0) is 7.35. The molecule has 2 aliphatic rings. The molecule has 0 aliphatic heterocycles. The Kier molecular flexibility index (Phi) is 0.964. The van der Waals surface area contributed by atoms with Crippen molar-refractivity contribution in [2.75, 3.05) is 0 Å². The zero-order valence-electron chi connectivity index (χ0n) is 6.99. The van der Waals surface area contributed by atoms with Crippen LogP contribution in [0.3, 0.4) is 0 Å². The van der Waals surface area contributed by atoms with Crippen LogP contribution in [0.1, 0.15) is 33.6 Å². The van der Waals surface area contributed by atoms with Crippen LogP contribution in [0.2, 0.25) is 0 Å². The Labute approximate surface area is 62.6 Å². The molecule has 0 radical (unpaired) electrons. The van der Waals surface area contributed by atoms with Gasteiger partial charge in [-0.1, -0.05) is 24.1 Å². The molecule has 1 saturated carbocycles. The van der Waals surface area contributed by atoms with Crippen molar-refractivity contribution in [2.24, 2.45) is 5.41 Å². The molecule has 1 fully saturated rings. The number of hydrogen-bond acceptors (Lipinski definition) is 0. The standard InChI is InChI=1S/C10H14/c1-7-6-10(3)5-4-9(10)8(7)2/h6H,4-5H2,1-3H3. The summed E-state index contributed by atoms with van der Waals surface area (Å²) in [7, 11) is 0. The van der Waals surface area contributed by atoms with Crippen molar-refractivity contribution in [3.63, 3.8) is 0 Å². The molecule has 0 N–H and O–H groups in total. The third kappa shape index (κ3) is 0.524.